The van der Waals surface area contributed by atoms with Crippen LogP contribution < -0.4 is 33.8 Å². The molecule has 0 spiro atoms. The number of nitrogens with zero attached hydrogens (tertiary/aromatic N) is 2. The number of benzene rings is 3. The van der Waals surface area contributed by atoms with Crippen molar-refractivity contribution >= 4 is 51.7 Å². The summed E-state index contributed by atoms with van der Waals surface area (Å²) in [4.78, 5) is 33.3. The molecular formula is C34H29IN2O7S. The van der Waals surface area contributed by atoms with Crippen molar-refractivity contribution in [3.63, 3.8) is 0 Å². The van der Waals surface area contributed by atoms with Crippen LogP contribution in [0.2, 0.25) is 0 Å². The molecule has 0 saturated carbocycles. The first kappa shape index (κ1) is 31.9. The predicted octanol–water partition coefficient (Wildman–Crippen LogP) is 4.58. The summed E-state index contributed by atoms with van der Waals surface area (Å²) in [6.07, 6.45) is 7.14. The fourth-order valence-corrected chi connectivity index (χ4v) is 6.79. The molecule has 230 valence electrons. The first-order chi connectivity index (χ1) is 21.8. The summed E-state index contributed by atoms with van der Waals surface area (Å²) in [5.41, 5.74) is 2.39. The highest BCUT2D eigenvalue weighted by molar-refractivity contribution is 14.1. The maximum absolute atomic E-state index is 14.3. The van der Waals surface area contributed by atoms with E-state index in [2.05, 4.69) is 28.5 Å². The average molecular weight is 737 g/mol. The maximum atomic E-state index is 14.3. The normalized spacial score (nSPS) is 14.2. The van der Waals surface area contributed by atoms with Crippen LogP contribution in [0.25, 0.3) is 11.8 Å². The lowest BCUT2D eigenvalue weighted by atomic mass is 9.93. The monoisotopic (exact) mass is 736 g/mol. The summed E-state index contributed by atoms with van der Waals surface area (Å²) in [6.45, 7) is 1.97. The average Bonchev–Trinajstić information content (AvgIpc) is 3.37. The minimum Gasteiger partial charge on any atom is -0.493 e. The second-order valence-electron chi connectivity index (χ2n) is 9.57. The van der Waals surface area contributed by atoms with Crippen molar-refractivity contribution in [1.29, 1.82) is 0 Å². The molecule has 0 radical (unpaired) electrons. The van der Waals surface area contributed by atoms with Gasteiger partial charge in [-0.2, -0.15) is 0 Å². The van der Waals surface area contributed by atoms with Gasteiger partial charge in [-0.25, -0.2) is 9.79 Å². The number of aromatic nitrogens is 1. The molecule has 1 aliphatic heterocycles. The van der Waals surface area contributed by atoms with Gasteiger partial charge in [-0.1, -0.05) is 53.7 Å². The summed E-state index contributed by atoms with van der Waals surface area (Å²) < 4.78 is 30.5. The Morgan fingerprint density at radius 2 is 1.78 bits per heavy atom. The van der Waals surface area contributed by atoms with E-state index in [4.69, 9.17) is 35.1 Å². The van der Waals surface area contributed by atoms with E-state index in [-0.39, 0.29) is 24.3 Å². The van der Waals surface area contributed by atoms with Gasteiger partial charge in [-0.15, -0.1) is 6.42 Å². The van der Waals surface area contributed by atoms with Crippen molar-refractivity contribution in [2.24, 2.45) is 4.99 Å². The zero-order chi connectivity index (χ0) is 32.1. The van der Waals surface area contributed by atoms with E-state index in [1.54, 1.807) is 44.4 Å². The Morgan fingerprint density at radius 3 is 2.44 bits per heavy atom. The van der Waals surface area contributed by atoms with Crippen molar-refractivity contribution in [3.05, 3.63) is 106 Å². The van der Waals surface area contributed by atoms with E-state index in [9.17, 15) is 9.59 Å². The van der Waals surface area contributed by atoms with E-state index in [1.807, 2.05) is 36.4 Å². The highest BCUT2D eigenvalue weighted by Crippen LogP contribution is 2.39. The van der Waals surface area contributed by atoms with Crippen LogP contribution in [0.3, 0.4) is 0 Å². The molecule has 9 nitrogen and oxygen atoms in total. The van der Waals surface area contributed by atoms with Gasteiger partial charge in [-0.3, -0.25) is 9.36 Å². The van der Waals surface area contributed by atoms with Gasteiger partial charge < -0.3 is 23.7 Å². The number of fused-ring (bicyclic) bond motifs is 1. The zero-order valence-corrected chi connectivity index (χ0v) is 27.9. The van der Waals surface area contributed by atoms with Gasteiger partial charge in [0.05, 0.1) is 53.4 Å². The minimum atomic E-state index is -0.869. The molecule has 1 aliphatic rings. The number of esters is 1. The molecule has 5 rings (SSSR count). The van der Waals surface area contributed by atoms with Crippen molar-refractivity contribution in [1.82, 2.24) is 4.57 Å². The SMILES string of the molecule is C#CCOc1c(I)cc(/C=c2\sc3n(c2=O)[C@H](c2ccc(OC)c(OC)c2)C(C(=O)OCC)=C(c2ccccc2)N=3)cc1OC. The number of ether oxygens (including phenoxy) is 5. The summed E-state index contributed by atoms with van der Waals surface area (Å²) in [5, 5.41) is 0. The van der Waals surface area contributed by atoms with Crippen LogP contribution in [-0.4, -0.2) is 45.1 Å². The Balaban J connectivity index is 1.80. The third-order valence-corrected chi connectivity index (χ3v) is 8.73. The molecule has 0 saturated heterocycles. The maximum Gasteiger partial charge on any atom is 0.338 e. The van der Waals surface area contributed by atoms with Crippen molar-refractivity contribution in [2.45, 2.75) is 13.0 Å². The van der Waals surface area contributed by atoms with Crippen LogP contribution >= 0.6 is 33.9 Å². The standard InChI is InChI=1S/C34H29IN2O7S/c1-6-15-44-31-23(35)16-20(17-26(31)42-5)18-27-32(38)37-30(22-13-14-24(40-3)25(19-22)41-4)28(33(39)43-7-2)29(36-34(37)45-27)21-11-9-8-10-12-21/h1,8-14,16-19,30H,7,15H2,2-5H3/b27-18-/t30-/m1/s1. The van der Waals surface area contributed by atoms with E-state index in [0.29, 0.717) is 54.7 Å². The van der Waals surface area contributed by atoms with Gasteiger partial charge >= 0.3 is 5.97 Å². The predicted molar refractivity (Wildman–Crippen MR) is 181 cm³/mol. The van der Waals surface area contributed by atoms with Crippen molar-refractivity contribution < 1.29 is 28.5 Å². The number of hydrogen-bond acceptors (Lipinski definition) is 9. The largest absolute Gasteiger partial charge is 0.493 e. The molecule has 4 aromatic rings. The third kappa shape index (κ3) is 6.34. The van der Waals surface area contributed by atoms with Gasteiger partial charge in [0.25, 0.3) is 5.56 Å². The molecule has 1 atom stereocenters. The highest BCUT2D eigenvalue weighted by Gasteiger charge is 2.35. The Morgan fingerprint density at radius 1 is 1.04 bits per heavy atom. The number of carbonyl (C=O) groups excluding carboxylic acids is 1. The summed E-state index contributed by atoms with van der Waals surface area (Å²) in [7, 11) is 4.61. The van der Waals surface area contributed by atoms with Crippen molar-refractivity contribution in [3.8, 4) is 35.3 Å². The van der Waals surface area contributed by atoms with Gasteiger partial charge in [-0.05, 0) is 71.0 Å². The number of carbonyl (C=O) groups is 1. The molecule has 0 amide bonds. The van der Waals surface area contributed by atoms with Gasteiger partial charge in [0.15, 0.2) is 27.8 Å². The molecule has 2 heterocycles. The van der Waals surface area contributed by atoms with Crippen LogP contribution in [0.4, 0.5) is 0 Å². The van der Waals surface area contributed by atoms with E-state index in [0.717, 1.165) is 3.57 Å². The second kappa shape index (κ2) is 14.0. The van der Waals surface area contributed by atoms with Gasteiger partial charge in [0, 0.05) is 5.56 Å². The van der Waals surface area contributed by atoms with Crippen LogP contribution in [0.5, 0.6) is 23.0 Å². The summed E-state index contributed by atoms with van der Waals surface area (Å²) in [5.74, 6) is 3.85. The van der Waals surface area contributed by atoms with Crippen LogP contribution in [-0.2, 0) is 9.53 Å². The molecule has 0 N–H and O–H groups in total. The molecule has 0 bridgehead atoms. The number of thiazole rings is 1. The molecule has 1 aromatic heterocycles. The lowest BCUT2D eigenvalue weighted by molar-refractivity contribution is -0.138. The molecule has 0 unspecified atom stereocenters. The minimum absolute atomic E-state index is 0.0903. The number of methoxy groups -OCH3 is 3. The smallest absolute Gasteiger partial charge is 0.338 e. The Kier molecular flexibility index (Phi) is 9.95. The van der Waals surface area contributed by atoms with Crippen molar-refractivity contribution in [2.75, 3.05) is 34.5 Å². The number of terminal acetylenes is 1. The fourth-order valence-electron chi connectivity index (χ4n) is 5.01. The number of halogens is 1. The Labute approximate surface area is 277 Å². The topological polar surface area (TPSA) is 97.6 Å². The van der Waals surface area contributed by atoms with Gasteiger partial charge in [0.1, 0.15) is 6.61 Å². The lowest BCUT2D eigenvalue weighted by Crippen LogP contribution is -2.40. The number of hydrogen-bond donors (Lipinski definition) is 0. The van der Waals surface area contributed by atoms with E-state index in [1.165, 1.54) is 30.1 Å². The lowest BCUT2D eigenvalue weighted by Gasteiger charge is -2.26. The molecule has 11 heteroatoms. The first-order valence-corrected chi connectivity index (χ1v) is 15.7. The first-order valence-electron chi connectivity index (χ1n) is 13.8. The highest BCUT2D eigenvalue weighted by atomic mass is 127. The van der Waals surface area contributed by atoms with Crippen LogP contribution in [0, 0.1) is 15.9 Å². The molecule has 0 fully saturated rings. The molecule has 0 aliphatic carbocycles. The summed E-state index contributed by atoms with van der Waals surface area (Å²) >= 11 is 3.36. The number of rotatable bonds is 10. The summed E-state index contributed by atoms with van der Waals surface area (Å²) in [6, 6.07) is 17.5. The third-order valence-electron chi connectivity index (χ3n) is 6.95. The Bertz CT molecular complexity index is 2010. The van der Waals surface area contributed by atoms with Crippen LogP contribution in [0.1, 0.15) is 29.7 Å². The Hall–Kier alpha value is -4.54. The fraction of sp³-hybridized carbons (Fsp3) is 0.206. The van der Waals surface area contributed by atoms with E-state index >= 15 is 0 Å². The van der Waals surface area contributed by atoms with Crippen LogP contribution in [0.15, 0.2) is 76.0 Å². The van der Waals surface area contributed by atoms with Gasteiger partial charge in [0.2, 0.25) is 0 Å². The molecule has 45 heavy (non-hydrogen) atoms. The van der Waals surface area contributed by atoms with E-state index < -0.39 is 12.0 Å². The molecule has 3 aromatic carbocycles. The molecular weight excluding hydrogens is 707 g/mol. The second-order valence-corrected chi connectivity index (χ2v) is 11.7. The quantitative estimate of drug-likeness (QED) is 0.134. The zero-order valence-electron chi connectivity index (χ0n) is 25.0.